The number of hydrogen-bond donors (Lipinski definition) is 1. The molecule has 0 saturated carbocycles. The fourth-order valence-corrected chi connectivity index (χ4v) is 2.91. The predicted molar refractivity (Wildman–Crippen MR) is 92.4 cm³/mol. The lowest BCUT2D eigenvalue weighted by Gasteiger charge is -2.35. The molecule has 1 aromatic carbocycles. The van der Waals surface area contributed by atoms with Gasteiger partial charge in [-0.3, -0.25) is 0 Å². The Balaban J connectivity index is 2.71. The quantitative estimate of drug-likeness (QED) is 0.661. The van der Waals surface area contributed by atoms with Gasteiger partial charge in [0.1, 0.15) is 5.75 Å². The summed E-state index contributed by atoms with van der Waals surface area (Å²) in [5.41, 5.74) is 1.51. The van der Waals surface area contributed by atoms with Crippen molar-refractivity contribution in [2.45, 2.75) is 40.0 Å². The van der Waals surface area contributed by atoms with Crippen molar-refractivity contribution >= 4 is 5.69 Å². The predicted octanol–water partition coefficient (Wildman–Crippen LogP) is 3.94. The maximum absolute atomic E-state index is 5.32. The molecule has 0 aliphatic rings. The van der Waals surface area contributed by atoms with Crippen molar-refractivity contribution in [2.24, 2.45) is 5.41 Å². The molecule has 1 unspecified atom stereocenters. The van der Waals surface area contributed by atoms with E-state index in [0.29, 0.717) is 5.41 Å². The van der Waals surface area contributed by atoms with Crippen LogP contribution in [0.3, 0.4) is 0 Å². The molecule has 1 rings (SSSR count). The van der Waals surface area contributed by atoms with Gasteiger partial charge in [-0.2, -0.15) is 0 Å². The maximum Gasteiger partial charge on any atom is 0.120 e. The Morgan fingerprint density at radius 2 is 2.00 bits per heavy atom. The van der Waals surface area contributed by atoms with Crippen molar-refractivity contribution in [3.05, 3.63) is 24.3 Å². The number of anilines is 1. The lowest BCUT2D eigenvalue weighted by atomic mass is 9.84. The van der Waals surface area contributed by atoms with Crippen molar-refractivity contribution in [3.8, 4) is 5.75 Å². The SMILES string of the molecule is CCCNCC(C)(CCC)CN(C)c1cccc(OC)c1. The summed E-state index contributed by atoms with van der Waals surface area (Å²) < 4.78 is 5.32. The molecule has 0 spiro atoms. The summed E-state index contributed by atoms with van der Waals surface area (Å²) in [6.45, 7) is 10.1. The number of methoxy groups -OCH3 is 1. The van der Waals surface area contributed by atoms with Crippen LogP contribution in [-0.2, 0) is 0 Å². The van der Waals surface area contributed by atoms with Gasteiger partial charge in [-0.1, -0.05) is 33.3 Å². The third kappa shape index (κ3) is 5.96. The first kappa shape index (κ1) is 17.8. The zero-order valence-corrected chi connectivity index (χ0v) is 14.4. The van der Waals surface area contributed by atoms with E-state index in [9.17, 15) is 0 Å². The van der Waals surface area contributed by atoms with Gasteiger partial charge in [0.25, 0.3) is 0 Å². The molecule has 0 fully saturated rings. The smallest absolute Gasteiger partial charge is 0.120 e. The summed E-state index contributed by atoms with van der Waals surface area (Å²) in [5.74, 6) is 0.917. The zero-order chi connectivity index (χ0) is 15.7. The number of ether oxygens (including phenoxy) is 1. The number of hydrogen-bond acceptors (Lipinski definition) is 3. The molecule has 0 aliphatic carbocycles. The van der Waals surface area contributed by atoms with Crippen molar-refractivity contribution < 1.29 is 4.74 Å². The molecule has 0 saturated heterocycles. The number of benzene rings is 1. The minimum absolute atomic E-state index is 0.293. The average molecular weight is 292 g/mol. The first-order valence-corrected chi connectivity index (χ1v) is 8.10. The van der Waals surface area contributed by atoms with Gasteiger partial charge in [-0.15, -0.1) is 0 Å². The minimum Gasteiger partial charge on any atom is -0.497 e. The van der Waals surface area contributed by atoms with Crippen LogP contribution in [0.1, 0.15) is 40.0 Å². The van der Waals surface area contributed by atoms with E-state index in [-0.39, 0.29) is 0 Å². The van der Waals surface area contributed by atoms with E-state index in [0.717, 1.165) is 25.4 Å². The van der Waals surface area contributed by atoms with E-state index in [1.807, 2.05) is 6.07 Å². The first-order chi connectivity index (χ1) is 10.0. The molecule has 3 nitrogen and oxygen atoms in total. The van der Waals surface area contributed by atoms with Gasteiger partial charge in [0.2, 0.25) is 0 Å². The van der Waals surface area contributed by atoms with Gasteiger partial charge in [0.15, 0.2) is 0 Å². The maximum atomic E-state index is 5.32. The van der Waals surface area contributed by atoms with Crippen LogP contribution in [-0.4, -0.2) is 33.8 Å². The van der Waals surface area contributed by atoms with Gasteiger partial charge < -0.3 is 15.0 Å². The molecule has 0 amide bonds. The Labute approximate surface area is 130 Å². The van der Waals surface area contributed by atoms with Crippen molar-refractivity contribution in [3.63, 3.8) is 0 Å². The molecule has 1 aromatic rings. The lowest BCUT2D eigenvalue weighted by molar-refractivity contribution is 0.284. The molecule has 120 valence electrons. The van der Waals surface area contributed by atoms with E-state index in [1.165, 1.54) is 24.9 Å². The van der Waals surface area contributed by atoms with Crippen molar-refractivity contribution in [2.75, 3.05) is 38.7 Å². The highest BCUT2D eigenvalue weighted by Gasteiger charge is 2.25. The van der Waals surface area contributed by atoms with Crippen LogP contribution in [0.2, 0.25) is 0 Å². The largest absolute Gasteiger partial charge is 0.497 e. The van der Waals surface area contributed by atoms with Crippen LogP contribution < -0.4 is 15.0 Å². The van der Waals surface area contributed by atoms with E-state index in [2.05, 4.69) is 56.2 Å². The van der Waals surface area contributed by atoms with Gasteiger partial charge in [0.05, 0.1) is 7.11 Å². The van der Waals surface area contributed by atoms with Gasteiger partial charge in [-0.05, 0) is 36.9 Å². The van der Waals surface area contributed by atoms with Crippen molar-refractivity contribution in [1.82, 2.24) is 5.32 Å². The molecule has 0 heterocycles. The van der Waals surface area contributed by atoms with Gasteiger partial charge in [0, 0.05) is 31.9 Å². The average Bonchev–Trinajstić information content (AvgIpc) is 2.47. The molecule has 0 aliphatic heterocycles. The lowest BCUT2D eigenvalue weighted by Crippen LogP contribution is -2.41. The number of nitrogens with one attached hydrogen (secondary N) is 1. The van der Waals surface area contributed by atoms with Crippen LogP contribution >= 0.6 is 0 Å². The Kier molecular flexibility index (Phi) is 7.58. The molecular weight excluding hydrogens is 260 g/mol. The third-order valence-electron chi connectivity index (χ3n) is 3.95. The van der Waals surface area contributed by atoms with Crippen molar-refractivity contribution in [1.29, 1.82) is 0 Å². The fraction of sp³-hybridized carbons (Fsp3) is 0.667. The molecule has 1 atom stereocenters. The normalized spacial score (nSPS) is 13.8. The minimum atomic E-state index is 0.293. The Bertz CT molecular complexity index is 408. The number of nitrogens with zero attached hydrogens (tertiary/aromatic N) is 1. The Morgan fingerprint density at radius 3 is 2.62 bits per heavy atom. The molecule has 0 bridgehead atoms. The fourth-order valence-electron chi connectivity index (χ4n) is 2.91. The summed E-state index contributed by atoms with van der Waals surface area (Å²) in [6.07, 6.45) is 3.64. The summed E-state index contributed by atoms with van der Waals surface area (Å²) in [4.78, 5) is 2.34. The second-order valence-electron chi connectivity index (χ2n) is 6.29. The molecule has 3 heteroatoms. The molecular formula is C18H32N2O. The zero-order valence-electron chi connectivity index (χ0n) is 14.4. The van der Waals surface area contributed by atoms with Crippen LogP contribution in [0.5, 0.6) is 5.75 Å². The van der Waals surface area contributed by atoms with Crippen LogP contribution in [0.25, 0.3) is 0 Å². The molecule has 21 heavy (non-hydrogen) atoms. The standard InChI is InChI=1S/C18H32N2O/c1-6-11-18(3,14-19-12-7-2)15-20(4)16-9-8-10-17(13-16)21-5/h8-10,13,19H,6-7,11-12,14-15H2,1-5H3. The van der Waals surface area contributed by atoms with Crippen LogP contribution in [0.15, 0.2) is 24.3 Å². The third-order valence-corrected chi connectivity index (χ3v) is 3.95. The first-order valence-electron chi connectivity index (χ1n) is 8.10. The van der Waals surface area contributed by atoms with Gasteiger partial charge >= 0.3 is 0 Å². The molecule has 1 N–H and O–H groups in total. The summed E-state index contributed by atoms with van der Waals surface area (Å²) >= 11 is 0. The van der Waals surface area contributed by atoms with Crippen LogP contribution in [0.4, 0.5) is 5.69 Å². The monoisotopic (exact) mass is 292 g/mol. The second-order valence-corrected chi connectivity index (χ2v) is 6.29. The van der Waals surface area contributed by atoms with Crippen LogP contribution in [0, 0.1) is 5.41 Å². The number of rotatable bonds is 10. The highest BCUT2D eigenvalue weighted by atomic mass is 16.5. The summed E-state index contributed by atoms with van der Waals surface area (Å²) in [5, 5.41) is 3.59. The Morgan fingerprint density at radius 1 is 1.24 bits per heavy atom. The van der Waals surface area contributed by atoms with E-state index < -0.39 is 0 Å². The second kappa shape index (κ2) is 8.93. The van der Waals surface area contributed by atoms with Gasteiger partial charge in [-0.25, -0.2) is 0 Å². The molecule has 0 aromatic heterocycles. The molecule has 0 radical (unpaired) electrons. The summed E-state index contributed by atoms with van der Waals surface area (Å²) in [6, 6.07) is 8.29. The van der Waals surface area contributed by atoms with E-state index in [1.54, 1.807) is 7.11 Å². The highest BCUT2D eigenvalue weighted by Crippen LogP contribution is 2.27. The summed E-state index contributed by atoms with van der Waals surface area (Å²) in [7, 11) is 3.89. The highest BCUT2D eigenvalue weighted by molar-refractivity contribution is 5.50. The van der Waals surface area contributed by atoms with E-state index >= 15 is 0 Å². The Hall–Kier alpha value is -1.22. The topological polar surface area (TPSA) is 24.5 Å². The van der Waals surface area contributed by atoms with E-state index in [4.69, 9.17) is 4.74 Å².